The van der Waals surface area contributed by atoms with Crippen LogP contribution in [0, 0.1) is 0 Å². The summed E-state index contributed by atoms with van der Waals surface area (Å²) in [5, 5.41) is 18.6. The van der Waals surface area contributed by atoms with Gasteiger partial charge >= 0.3 is 5.97 Å². The molecule has 0 saturated carbocycles. The SMILES string of the molecule is CCCCOCC(=O)N1CCC(O)(C(=O)O)CC1. The summed E-state index contributed by atoms with van der Waals surface area (Å²) in [6, 6.07) is 0. The van der Waals surface area contributed by atoms with Crippen molar-refractivity contribution in [2.24, 2.45) is 0 Å². The maximum absolute atomic E-state index is 11.7. The first kappa shape index (κ1) is 14.9. The number of aliphatic hydroxyl groups is 1. The van der Waals surface area contributed by atoms with Gasteiger partial charge in [0.05, 0.1) is 0 Å². The van der Waals surface area contributed by atoms with Crippen molar-refractivity contribution in [1.82, 2.24) is 4.90 Å². The van der Waals surface area contributed by atoms with Gasteiger partial charge in [0.15, 0.2) is 5.60 Å². The lowest BCUT2D eigenvalue weighted by Gasteiger charge is -2.35. The predicted octanol–water partition coefficient (Wildman–Crippen LogP) is 0.241. The second kappa shape index (κ2) is 6.70. The van der Waals surface area contributed by atoms with Gasteiger partial charge in [-0.3, -0.25) is 4.79 Å². The van der Waals surface area contributed by atoms with E-state index >= 15 is 0 Å². The van der Waals surface area contributed by atoms with Crippen LogP contribution in [0.15, 0.2) is 0 Å². The molecule has 0 aromatic rings. The Bertz CT molecular complexity index is 297. The number of rotatable bonds is 6. The fraction of sp³-hybridized carbons (Fsp3) is 0.833. The molecule has 2 N–H and O–H groups in total. The van der Waals surface area contributed by atoms with E-state index in [0.29, 0.717) is 6.61 Å². The Morgan fingerprint density at radius 2 is 1.94 bits per heavy atom. The maximum atomic E-state index is 11.7. The quantitative estimate of drug-likeness (QED) is 0.667. The molecule has 0 spiro atoms. The molecule has 1 rings (SSSR count). The Kier molecular flexibility index (Phi) is 5.55. The van der Waals surface area contributed by atoms with Crippen molar-refractivity contribution < 1.29 is 24.5 Å². The van der Waals surface area contributed by atoms with E-state index in [2.05, 4.69) is 0 Å². The highest BCUT2D eigenvalue weighted by molar-refractivity contribution is 5.80. The molecule has 1 aliphatic rings. The minimum atomic E-state index is -1.68. The van der Waals surface area contributed by atoms with Crippen LogP contribution in [0.2, 0.25) is 0 Å². The summed E-state index contributed by atoms with van der Waals surface area (Å²) in [5.74, 6) is -1.35. The molecule has 1 saturated heterocycles. The number of amides is 1. The minimum Gasteiger partial charge on any atom is -0.479 e. The third-order valence-electron chi connectivity index (χ3n) is 3.21. The topological polar surface area (TPSA) is 87.1 Å². The molecule has 0 aliphatic carbocycles. The highest BCUT2D eigenvalue weighted by Gasteiger charge is 2.40. The van der Waals surface area contributed by atoms with E-state index in [4.69, 9.17) is 9.84 Å². The number of piperidine rings is 1. The predicted molar refractivity (Wildman–Crippen MR) is 64.1 cm³/mol. The number of carboxylic acids is 1. The van der Waals surface area contributed by atoms with E-state index in [0.717, 1.165) is 12.8 Å². The van der Waals surface area contributed by atoms with Crippen LogP contribution in [-0.4, -0.2) is 58.9 Å². The van der Waals surface area contributed by atoms with Crippen molar-refractivity contribution in [2.45, 2.75) is 38.2 Å². The Morgan fingerprint density at radius 3 is 2.44 bits per heavy atom. The van der Waals surface area contributed by atoms with Crippen molar-refractivity contribution in [3.05, 3.63) is 0 Å². The fourth-order valence-electron chi connectivity index (χ4n) is 1.84. The number of carbonyl (C=O) groups excluding carboxylic acids is 1. The zero-order valence-electron chi connectivity index (χ0n) is 10.7. The second-order valence-electron chi connectivity index (χ2n) is 4.62. The van der Waals surface area contributed by atoms with Crippen molar-refractivity contribution in [3.63, 3.8) is 0 Å². The van der Waals surface area contributed by atoms with Gasteiger partial charge in [0.2, 0.25) is 5.91 Å². The molecule has 1 heterocycles. The summed E-state index contributed by atoms with van der Waals surface area (Å²) >= 11 is 0. The number of ether oxygens (including phenoxy) is 1. The molecule has 1 amide bonds. The molecular formula is C12H21NO5. The van der Waals surface area contributed by atoms with Gasteiger partial charge in [-0.25, -0.2) is 4.79 Å². The van der Waals surface area contributed by atoms with Gasteiger partial charge in [-0.15, -0.1) is 0 Å². The molecule has 1 fully saturated rings. The van der Waals surface area contributed by atoms with Crippen molar-refractivity contribution in [1.29, 1.82) is 0 Å². The van der Waals surface area contributed by atoms with Crippen LogP contribution >= 0.6 is 0 Å². The summed E-state index contributed by atoms with van der Waals surface area (Å²) in [6.45, 7) is 3.17. The molecule has 0 aromatic carbocycles. The van der Waals surface area contributed by atoms with E-state index in [9.17, 15) is 14.7 Å². The number of carboxylic acid groups (broad SMARTS) is 1. The van der Waals surface area contributed by atoms with Crippen molar-refractivity contribution >= 4 is 11.9 Å². The van der Waals surface area contributed by atoms with Gasteiger partial charge in [0.1, 0.15) is 6.61 Å². The summed E-state index contributed by atoms with van der Waals surface area (Å²) in [6.07, 6.45) is 2.08. The largest absolute Gasteiger partial charge is 0.479 e. The first-order chi connectivity index (χ1) is 8.49. The van der Waals surface area contributed by atoms with Crippen LogP contribution in [0.3, 0.4) is 0 Å². The third kappa shape index (κ3) is 3.96. The molecule has 6 nitrogen and oxygen atoms in total. The van der Waals surface area contributed by atoms with Crippen LogP contribution in [0.25, 0.3) is 0 Å². The lowest BCUT2D eigenvalue weighted by atomic mass is 9.92. The van der Waals surface area contributed by atoms with Gasteiger partial charge in [-0.1, -0.05) is 13.3 Å². The molecule has 104 valence electrons. The van der Waals surface area contributed by atoms with Gasteiger partial charge < -0.3 is 19.8 Å². The van der Waals surface area contributed by atoms with Crippen LogP contribution in [0.5, 0.6) is 0 Å². The molecule has 0 aromatic heterocycles. The van der Waals surface area contributed by atoms with Crippen LogP contribution < -0.4 is 0 Å². The first-order valence-corrected chi connectivity index (χ1v) is 6.31. The molecule has 0 bridgehead atoms. The Labute approximate surface area is 107 Å². The summed E-state index contributed by atoms with van der Waals surface area (Å²) in [5.41, 5.74) is -1.68. The number of nitrogens with zero attached hydrogens (tertiary/aromatic N) is 1. The standard InChI is InChI=1S/C12H21NO5/c1-2-3-8-18-9-10(14)13-6-4-12(17,5-7-13)11(15)16/h17H,2-9H2,1H3,(H,15,16). The van der Waals surface area contributed by atoms with E-state index in [1.54, 1.807) is 4.90 Å². The molecular weight excluding hydrogens is 238 g/mol. The maximum Gasteiger partial charge on any atom is 0.335 e. The smallest absolute Gasteiger partial charge is 0.335 e. The molecule has 1 aliphatic heterocycles. The lowest BCUT2D eigenvalue weighted by Crippen LogP contribution is -2.51. The number of likely N-dealkylation sites (tertiary alicyclic amines) is 1. The van der Waals surface area contributed by atoms with Gasteiger partial charge in [0, 0.05) is 32.5 Å². The highest BCUT2D eigenvalue weighted by Crippen LogP contribution is 2.22. The third-order valence-corrected chi connectivity index (χ3v) is 3.21. The van der Waals surface area contributed by atoms with E-state index in [-0.39, 0.29) is 38.4 Å². The lowest BCUT2D eigenvalue weighted by molar-refractivity contribution is -0.166. The number of carbonyl (C=O) groups is 2. The molecule has 0 atom stereocenters. The van der Waals surface area contributed by atoms with Crippen LogP contribution in [0.1, 0.15) is 32.6 Å². The zero-order chi connectivity index (χ0) is 13.6. The van der Waals surface area contributed by atoms with Crippen molar-refractivity contribution in [3.8, 4) is 0 Å². The van der Waals surface area contributed by atoms with Crippen LogP contribution in [-0.2, 0) is 14.3 Å². The molecule has 0 radical (unpaired) electrons. The number of aliphatic carboxylic acids is 1. The number of hydrogen-bond donors (Lipinski definition) is 2. The number of unbranched alkanes of at least 4 members (excludes halogenated alkanes) is 1. The van der Waals surface area contributed by atoms with Gasteiger partial charge in [0.25, 0.3) is 0 Å². The van der Waals surface area contributed by atoms with Crippen molar-refractivity contribution in [2.75, 3.05) is 26.3 Å². The Balaban J connectivity index is 2.30. The minimum absolute atomic E-state index is 0.0332. The summed E-state index contributed by atoms with van der Waals surface area (Å²) in [7, 11) is 0. The normalized spacial score (nSPS) is 18.7. The molecule has 18 heavy (non-hydrogen) atoms. The van der Waals surface area contributed by atoms with E-state index in [1.165, 1.54) is 0 Å². The Morgan fingerprint density at radius 1 is 1.33 bits per heavy atom. The average Bonchev–Trinajstić information content (AvgIpc) is 2.35. The highest BCUT2D eigenvalue weighted by atomic mass is 16.5. The zero-order valence-corrected chi connectivity index (χ0v) is 10.7. The summed E-state index contributed by atoms with van der Waals surface area (Å²) < 4.78 is 5.22. The summed E-state index contributed by atoms with van der Waals surface area (Å²) in [4.78, 5) is 24.1. The fourth-order valence-corrected chi connectivity index (χ4v) is 1.84. The van der Waals surface area contributed by atoms with Gasteiger partial charge in [-0.2, -0.15) is 0 Å². The van der Waals surface area contributed by atoms with Crippen LogP contribution in [0.4, 0.5) is 0 Å². The first-order valence-electron chi connectivity index (χ1n) is 6.31. The molecule has 6 heteroatoms. The Hall–Kier alpha value is -1.14. The second-order valence-corrected chi connectivity index (χ2v) is 4.62. The van der Waals surface area contributed by atoms with E-state index in [1.807, 2.05) is 6.92 Å². The monoisotopic (exact) mass is 259 g/mol. The average molecular weight is 259 g/mol. The molecule has 0 unspecified atom stereocenters. The van der Waals surface area contributed by atoms with E-state index < -0.39 is 11.6 Å². The number of hydrogen-bond acceptors (Lipinski definition) is 4. The van der Waals surface area contributed by atoms with Gasteiger partial charge in [-0.05, 0) is 6.42 Å².